The van der Waals surface area contributed by atoms with Gasteiger partial charge in [0, 0.05) is 19.5 Å². The van der Waals surface area contributed by atoms with Crippen LogP contribution in [-0.4, -0.2) is 32.2 Å². The van der Waals surface area contributed by atoms with Crippen molar-refractivity contribution in [3.63, 3.8) is 0 Å². The molecule has 1 saturated carbocycles. The van der Waals surface area contributed by atoms with E-state index in [4.69, 9.17) is 10.5 Å². The van der Waals surface area contributed by atoms with Crippen LogP contribution in [0, 0.1) is 5.92 Å². The Morgan fingerprint density at radius 3 is 2.53 bits per heavy atom. The molecule has 0 radical (unpaired) electrons. The van der Waals surface area contributed by atoms with Gasteiger partial charge in [-0.1, -0.05) is 25.7 Å². The van der Waals surface area contributed by atoms with Gasteiger partial charge in [-0.15, -0.1) is 0 Å². The molecule has 1 rings (SSSR count). The van der Waals surface area contributed by atoms with Crippen LogP contribution >= 0.6 is 0 Å². The topological polar surface area (TPSA) is 64.3 Å². The smallest absolute Gasteiger partial charge is 0.220 e. The summed E-state index contributed by atoms with van der Waals surface area (Å²) in [6.45, 7) is 2.27. The van der Waals surface area contributed by atoms with Crippen LogP contribution in [0.15, 0.2) is 0 Å². The SMILES string of the molecule is NCCOCCNC(=O)CC1CCCCCC1. The van der Waals surface area contributed by atoms with Crippen molar-refractivity contribution in [1.82, 2.24) is 5.32 Å². The summed E-state index contributed by atoms with van der Waals surface area (Å²) in [5.74, 6) is 0.774. The molecule has 0 atom stereocenters. The molecule has 0 bridgehead atoms. The van der Waals surface area contributed by atoms with E-state index in [1.165, 1.54) is 38.5 Å². The van der Waals surface area contributed by atoms with Gasteiger partial charge in [-0.25, -0.2) is 0 Å². The molecular formula is C13H26N2O2. The molecule has 17 heavy (non-hydrogen) atoms. The van der Waals surface area contributed by atoms with Crippen molar-refractivity contribution < 1.29 is 9.53 Å². The molecular weight excluding hydrogens is 216 g/mol. The lowest BCUT2D eigenvalue weighted by Gasteiger charge is -2.13. The van der Waals surface area contributed by atoms with Crippen molar-refractivity contribution in [3.8, 4) is 0 Å². The van der Waals surface area contributed by atoms with Gasteiger partial charge in [0.2, 0.25) is 5.91 Å². The van der Waals surface area contributed by atoms with Crippen LogP contribution in [-0.2, 0) is 9.53 Å². The summed E-state index contributed by atoms with van der Waals surface area (Å²) >= 11 is 0. The molecule has 0 aromatic carbocycles. The van der Waals surface area contributed by atoms with Gasteiger partial charge in [0.05, 0.1) is 13.2 Å². The van der Waals surface area contributed by atoms with Crippen molar-refractivity contribution in [1.29, 1.82) is 0 Å². The molecule has 4 nitrogen and oxygen atoms in total. The van der Waals surface area contributed by atoms with Crippen molar-refractivity contribution in [2.24, 2.45) is 11.7 Å². The van der Waals surface area contributed by atoms with E-state index in [2.05, 4.69) is 5.32 Å². The summed E-state index contributed by atoms with van der Waals surface area (Å²) in [6, 6.07) is 0. The lowest BCUT2D eigenvalue weighted by atomic mass is 9.96. The van der Waals surface area contributed by atoms with E-state index >= 15 is 0 Å². The van der Waals surface area contributed by atoms with Crippen molar-refractivity contribution in [3.05, 3.63) is 0 Å². The monoisotopic (exact) mass is 242 g/mol. The standard InChI is InChI=1S/C13H26N2O2/c14-7-9-17-10-8-15-13(16)11-12-5-3-1-2-4-6-12/h12H,1-11,14H2,(H,15,16). The average molecular weight is 242 g/mol. The Morgan fingerprint density at radius 1 is 1.18 bits per heavy atom. The number of rotatable bonds is 7. The zero-order valence-corrected chi connectivity index (χ0v) is 10.7. The number of hydrogen-bond donors (Lipinski definition) is 2. The fourth-order valence-electron chi connectivity index (χ4n) is 2.35. The average Bonchev–Trinajstić information content (AvgIpc) is 2.57. The molecule has 1 aliphatic rings. The van der Waals surface area contributed by atoms with Gasteiger partial charge < -0.3 is 15.8 Å². The normalized spacial score (nSPS) is 17.7. The van der Waals surface area contributed by atoms with Crippen LogP contribution in [0.25, 0.3) is 0 Å². The first-order valence-corrected chi connectivity index (χ1v) is 6.87. The molecule has 0 spiro atoms. The van der Waals surface area contributed by atoms with E-state index in [1.54, 1.807) is 0 Å². The van der Waals surface area contributed by atoms with Crippen molar-refractivity contribution in [2.45, 2.75) is 44.9 Å². The van der Waals surface area contributed by atoms with Crippen LogP contribution in [0.2, 0.25) is 0 Å². The van der Waals surface area contributed by atoms with Gasteiger partial charge in [0.15, 0.2) is 0 Å². The minimum atomic E-state index is 0.174. The lowest BCUT2D eigenvalue weighted by molar-refractivity contribution is -0.122. The molecule has 0 saturated heterocycles. The zero-order valence-electron chi connectivity index (χ0n) is 10.7. The number of carbonyl (C=O) groups excluding carboxylic acids is 1. The van der Waals surface area contributed by atoms with Crippen LogP contribution in [0.3, 0.4) is 0 Å². The summed E-state index contributed by atoms with van der Waals surface area (Å²) in [7, 11) is 0. The summed E-state index contributed by atoms with van der Waals surface area (Å²) in [4.78, 5) is 11.7. The third kappa shape index (κ3) is 7.34. The Kier molecular flexibility index (Phi) is 8.01. The predicted molar refractivity (Wildman–Crippen MR) is 68.7 cm³/mol. The van der Waals surface area contributed by atoms with Crippen LogP contribution in [0.4, 0.5) is 0 Å². The quantitative estimate of drug-likeness (QED) is 0.524. The third-order valence-corrected chi connectivity index (χ3v) is 3.28. The maximum absolute atomic E-state index is 11.7. The minimum Gasteiger partial charge on any atom is -0.378 e. The number of nitrogens with one attached hydrogen (secondary N) is 1. The molecule has 1 fully saturated rings. The van der Waals surface area contributed by atoms with E-state index in [1.807, 2.05) is 0 Å². The Balaban J connectivity index is 2.03. The molecule has 3 N–H and O–H groups in total. The van der Waals surface area contributed by atoms with Gasteiger partial charge in [-0.3, -0.25) is 4.79 Å². The van der Waals surface area contributed by atoms with E-state index in [9.17, 15) is 4.79 Å². The Bertz CT molecular complexity index is 202. The first-order valence-electron chi connectivity index (χ1n) is 6.87. The molecule has 4 heteroatoms. The van der Waals surface area contributed by atoms with E-state index in [0.717, 1.165) is 0 Å². The van der Waals surface area contributed by atoms with E-state index in [-0.39, 0.29) is 5.91 Å². The fourth-order valence-corrected chi connectivity index (χ4v) is 2.35. The Morgan fingerprint density at radius 2 is 1.88 bits per heavy atom. The van der Waals surface area contributed by atoms with Crippen LogP contribution in [0.1, 0.15) is 44.9 Å². The highest BCUT2D eigenvalue weighted by molar-refractivity contribution is 5.76. The lowest BCUT2D eigenvalue weighted by Crippen LogP contribution is -2.29. The van der Waals surface area contributed by atoms with Crippen LogP contribution < -0.4 is 11.1 Å². The van der Waals surface area contributed by atoms with Gasteiger partial charge in [-0.05, 0) is 18.8 Å². The van der Waals surface area contributed by atoms with Gasteiger partial charge in [0.25, 0.3) is 0 Å². The first-order chi connectivity index (χ1) is 8.33. The second-order valence-corrected chi connectivity index (χ2v) is 4.81. The summed E-state index contributed by atoms with van der Waals surface area (Å²) in [6.07, 6.45) is 8.39. The van der Waals surface area contributed by atoms with Crippen molar-refractivity contribution >= 4 is 5.91 Å². The maximum atomic E-state index is 11.7. The molecule has 0 unspecified atom stereocenters. The number of hydrogen-bond acceptors (Lipinski definition) is 3. The summed E-state index contributed by atoms with van der Waals surface area (Å²) < 4.78 is 5.20. The highest BCUT2D eigenvalue weighted by Gasteiger charge is 2.15. The minimum absolute atomic E-state index is 0.174. The zero-order chi connectivity index (χ0) is 12.3. The third-order valence-electron chi connectivity index (χ3n) is 3.28. The van der Waals surface area contributed by atoms with Crippen LogP contribution in [0.5, 0.6) is 0 Å². The maximum Gasteiger partial charge on any atom is 0.220 e. The second kappa shape index (κ2) is 9.42. The predicted octanol–water partition coefficient (Wildman–Crippen LogP) is 1.44. The molecule has 0 aromatic rings. The summed E-state index contributed by atoms with van der Waals surface area (Å²) in [5, 5.41) is 2.90. The highest BCUT2D eigenvalue weighted by atomic mass is 16.5. The summed E-state index contributed by atoms with van der Waals surface area (Å²) in [5.41, 5.74) is 5.30. The fraction of sp³-hybridized carbons (Fsp3) is 0.923. The molecule has 1 aliphatic carbocycles. The number of ether oxygens (including phenoxy) is 1. The van der Waals surface area contributed by atoms with E-state index < -0.39 is 0 Å². The van der Waals surface area contributed by atoms with Crippen molar-refractivity contribution in [2.75, 3.05) is 26.3 Å². The first kappa shape index (κ1) is 14.5. The molecule has 0 heterocycles. The van der Waals surface area contributed by atoms with Gasteiger partial charge in [0.1, 0.15) is 0 Å². The highest BCUT2D eigenvalue weighted by Crippen LogP contribution is 2.25. The number of carbonyl (C=O) groups is 1. The molecule has 0 aliphatic heterocycles. The second-order valence-electron chi connectivity index (χ2n) is 4.81. The number of amides is 1. The molecule has 1 amide bonds. The largest absolute Gasteiger partial charge is 0.378 e. The molecule has 100 valence electrons. The van der Waals surface area contributed by atoms with E-state index in [0.29, 0.717) is 38.6 Å². The van der Waals surface area contributed by atoms with Gasteiger partial charge in [-0.2, -0.15) is 0 Å². The Hall–Kier alpha value is -0.610. The molecule has 0 aromatic heterocycles. The van der Waals surface area contributed by atoms with Gasteiger partial charge >= 0.3 is 0 Å². The Labute approximate surface area is 104 Å². The number of nitrogens with two attached hydrogens (primary N) is 1.